The fourth-order valence-electron chi connectivity index (χ4n) is 2.34. The Kier molecular flexibility index (Phi) is 4.76. The zero-order valence-corrected chi connectivity index (χ0v) is 12.8. The molecule has 24 heavy (non-hydrogen) atoms. The molecule has 126 valence electrons. The van der Waals surface area contributed by atoms with E-state index in [1.807, 2.05) is 0 Å². The number of rotatable bonds is 6. The average molecular weight is 333 g/mol. The van der Waals surface area contributed by atoms with Crippen molar-refractivity contribution in [3.8, 4) is 5.75 Å². The minimum absolute atomic E-state index is 0.0272. The topological polar surface area (TPSA) is 58.6 Å². The fraction of sp³-hybridized carbons (Fsp3) is 0.278. The van der Waals surface area contributed by atoms with Crippen LogP contribution in [-0.4, -0.2) is 17.6 Å². The number of benzene rings is 2. The molecule has 1 aliphatic rings. The Morgan fingerprint density at radius 3 is 2.54 bits per heavy atom. The summed E-state index contributed by atoms with van der Waals surface area (Å²) in [5.74, 6) is -1.20. The molecule has 1 atom stereocenters. The average Bonchev–Trinajstić information content (AvgIpc) is 3.38. The highest BCUT2D eigenvalue weighted by atomic mass is 19.1. The van der Waals surface area contributed by atoms with Crippen LogP contribution in [-0.2, 0) is 4.79 Å². The molecule has 2 aromatic carbocycles. The summed E-state index contributed by atoms with van der Waals surface area (Å²) in [5, 5.41) is 12.7. The summed E-state index contributed by atoms with van der Waals surface area (Å²) < 4.78 is 32.6. The molecule has 0 radical (unpaired) electrons. The molecule has 0 spiro atoms. The van der Waals surface area contributed by atoms with Crippen molar-refractivity contribution in [1.29, 1.82) is 0 Å². The van der Waals surface area contributed by atoms with Crippen molar-refractivity contribution in [2.75, 3.05) is 11.9 Å². The minimum atomic E-state index is -1.43. The monoisotopic (exact) mass is 333 g/mol. The van der Waals surface area contributed by atoms with Crippen LogP contribution in [0.1, 0.15) is 24.5 Å². The number of ether oxygens (including phenoxy) is 1. The number of nitrogens with one attached hydrogen (secondary N) is 1. The fourth-order valence-corrected chi connectivity index (χ4v) is 2.34. The molecule has 2 aromatic rings. The van der Waals surface area contributed by atoms with Gasteiger partial charge in [-0.3, -0.25) is 4.79 Å². The molecular formula is C18H17F2NO3. The Morgan fingerprint density at radius 2 is 1.88 bits per heavy atom. The Balaban J connectivity index is 1.62. The lowest BCUT2D eigenvalue weighted by Crippen LogP contribution is -2.14. The molecule has 1 fully saturated rings. The maximum atomic E-state index is 13.6. The highest BCUT2D eigenvalue weighted by Gasteiger charge is 2.29. The third kappa shape index (κ3) is 3.89. The van der Waals surface area contributed by atoms with Crippen molar-refractivity contribution < 1.29 is 23.4 Å². The molecule has 0 heterocycles. The van der Waals surface area contributed by atoms with Gasteiger partial charge in [0.15, 0.2) is 0 Å². The van der Waals surface area contributed by atoms with Crippen molar-refractivity contribution in [2.24, 2.45) is 5.92 Å². The predicted octanol–water partition coefficient (Wildman–Crippen LogP) is 3.43. The first kappa shape index (κ1) is 16.4. The van der Waals surface area contributed by atoms with E-state index in [0.29, 0.717) is 11.4 Å². The second kappa shape index (κ2) is 6.97. The molecule has 3 rings (SSSR count). The van der Waals surface area contributed by atoms with E-state index < -0.39 is 23.3 Å². The Hall–Kier alpha value is -2.47. The quantitative estimate of drug-likeness (QED) is 0.851. The van der Waals surface area contributed by atoms with Gasteiger partial charge in [0.2, 0.25) is 5.91 Å². The van der Waals surface area contributed by atoms with E-state index in [2.05, 4.69) is 5.32 Å². The number of carbonyl (C=O) groups is 1. The largest absolute Gasteiger partial charge is 0.490 e. The van der Waals surface area contributed by atoms with Crippen LogP contribution >= 0.6 is 0 Å². The summed E-state index contributed by atoms with van der Waals surface area (Å²) in [4.78, 5) is 11.7. The molecule has 2 N–H and O–H groups in total. The lowest BCUT2D eigenvalue weighted by molar-refractivity contribution is -0.117. The lowest BCUT2D eigenvalue weighted by atomic mass is 10.1. The van der Waals surface area contributed by atoms with Crippen LogP contribution in [0.2, 0.25) is 0 Å². The number of hydrogen-bond acceptors (Lipinski definition) is 3. The number of carbonyl (C=O) groups excluding carboxylic acids is 1. The number of hydrogen-bond donors (Lipinski definition) is 2. The number of aliphatic hydroxyl groups is 1. The SMILES string of the molecule is O=C(Nc1cccc(OCC(O)c2c(F)cccc2F)c1)C1CC1. The highest BCUT2D eigenvalue weighted by molar-refractivity contribution is 5.94. The summed E-state index contributed by atoms with van der Waals surface area (Å²) in [7, 11) is 0. The van der Waals surface area contributed by atoms with E-state index in [1.54, 1.807) is 24.3 Å². The third-order valence-corrected chi connectivity index (χ3v) is 3.79. The first-order valence-corrected chi connectivity index (χ1v) is 7.70. The predicted molar refractivity (Wildman–Crippen MR) is 84.6 cm³/mol. The molecule has 0 bridgehead atoms. The summed E-state index contributed by atoms with van der Waals surface area (Å²) >= 11 is 0. The van der Waals surface area contributed by atoms with Crippen LogP contribution in [0.25, 0.3) is 0 Å². The van der Waals surface area contributed by atoms with Crippen molar-refractivity contribution in [2.45, 2.75) is 18.9 Å². The normalized spacial score (nSPS) is 15.0. The molecule has 6 heteroatoms. The summed E-state index contributed by atoms with van der Waals surface area (Å²) in [6.07, 6.45) is 0.376. The number of anilines is 1. The second-order valence-corrected chi connectivity index (χ2v) is 5.75. The number of aliphatic hydroxyl groups excluding tert-OH is 1. The van der Waals surface area contributed by atoms with Gasteiger partial charge >= 0.3 is 0 Å². The van der Waals surface area contributed by atoms with Gasteiger partial charge in [-0.1, -0.05) is 12.1 Å². The van der Waals surface area contributed by atoms with Crippen LogP contribution < -0.4 is 10.1 Å². The van der Waals surface area contributed by atoms with Crippen LogP contribution in [0, 0.1) is 17.6 Å². The van der Waals surface area contributed by atoms with E-state index in [4.69, 9.17) is 4.74 Å². The molecule has 0 aromatic heterocycles. The third-order valence-electron chi connectivity index (χ3n) is 3.79. The van der Waals surface area contributed by atoms with E-state index in [0.717, 1.165) is 25.0 Å². The Labute approximate surface area is 138 Å². The number of amides is 1. The Morgan fingerprint density at radius 1 is 1.21 bits per heavy atom. The van der Waals surface area contributed by atoms with Gasteiger partial charge in [0.25, 0.3) is 0 Å². The molecule has 1 amide bonds. The zero-order chi connectivity index (χ0) is 17.1. The summed E-state index contributed by atoms with van der Waals surface area (Å²) in [6.45, 7) is -0.308. The maximum absolute atomic E-state index is 13.6. The zero-order valence-electron chi connectivity index (χ0n) is 12.8. The standard InChI is InChI=1S/C18H17F2NO3/c19-14-5-2-6-15(20)17(14)16(22)10-24-13-4-1-3-12(9-13)21-18(23)11-7-8-11/h1-6,9,11,16,22H,7-8,10H2,(H,21,23). The van der Waals surface area contributed by atoms with Crippen LogP contribution in [0.15, 0.2) is 42.5 Å². The number of halogens is 2. The molecular weight excluding hydrogens is 316 g/mol. The van der Waals surface area contributed by atoms with E-state index in [1.165, 1.54) is 6.07 Å². The van der Waals surface area contributed by atoms with Crippen molar-refractivity contribution in [1.82, 2.24) is 0 Å². The van der Waals surface area contributed by atoms with Gasteiger partial charge in [-0.25, -0.2) is 8.78 Å². The molecule has 4 nitrogen and oxygen atoms in total. The van der Waals surface area contributed by atoms with E-state index >= 15 is 0 Å². The van der Waals surface area contributed by atoms with Crippen LogP contribution in [0.5, 0.6) is 5.75 Å². The van der Waals surface area contributed by atoms with Gasteiger partial charge in [-0.05, 0) is 37.1 Å². The van der Waals surface area contributed by atoms with Gasteiger partial charge in [0, 0.05) is 17.7 Å². The maximum Gasteiger partial charge on any atom is 0.227 e. The molecule has 0 aliphatic heterocycles. The van der Waals surface area contributed by atoms with Gasteiger partial charge in [-0.15, -0.1) is 0 Å². The second-order valence-electron chi connectivity index (χ2n) is 5.75. The van der Waals surface area contributed by atoms with Crippen LogP contribution in [0.4, 0.5) is 14.5 Å². The van der Waals surface area contributed by atoms with Crippen molar-refractivity contribution in [3.05, 3.63) is 59.7 Å². The molecule has 1 unspecified atom stereocenters. The first-order chi connectivity index (χ1) is 11.5. The van der Waals surface area contributed by atoms with Gasteiger partial charge < -0.3 is 15.2 Å². The smallest absolute Gasteiger partial charge is 0.227 e. The summed E-state index contributed by atoms with van der Waals surface area (Å²) in [6, 6.07) is 10.0. The molecule has 1 aliphatic carbocycles. The van der Waals surface area contributed by atoms with Crippen LogP contribution in [0.3, 0.4) is 0 Å². The van der Waals surface area contributed by atoms with Crippen molar-refractivity contribution in [3.63, 3.8) is 0 Å². The van der Waals surface area contributed by atoms with E-state index in [-0.39, 0.29) is 18.4 Å². The van der Waals surface area contributed by atoms with Gasteiger partial charge in [0.1, 0.15) is 30.1 Å². The first-order valence-electron chi connectivity index (χ1n) is 7.70. The molecule has 1 saturated carbocycles. The van der Waals surface area contributed by atoms with E-state index in [9.17, 15) is 18.7 Å². The van der Waals surface area contributed by atoms with Crippen molar-refractivity contribution >= 4 is 11.6 Å². The Bertz CT molecular complexity index is 727. The highest BCUT2D eigenvalue weighted by Crippen LogP contribution is 2.30. The lowest BCUT2D eigenvalue weighted by Gasteiger charge is -2.15. The minimum Gasteiger partial charge on any atom is -0.490 e. The van der Waals surface area contributed by atoms with Gasteiger partial charge in [-0.2, -0.15) is 0 Å². The summed E-state index contributed by atoms with van der Waals surface area (Å²) in [5.41, 5.74) is 0.159. The van der Waals surface area contributed by atoms with Gasteiger partial charge in [0.05, 0.1) is 5.56 Å². The molecule has 0 saturated heterocycles.